The van der Waals surface area contributed by atoms with E-state index in [9.17, 15) is 9.59 Å². The van der Waals surface area contributed by atoms with Crippen LogP contribution in [0.3, 0.4) is 0 Å². The minimum atomic E-state index is -0.558. The molecule has 1 aromatic heterocycles. The number of carbonyl (C=O) groups is 2. The molecule has 1 atom stereocenters. The van der Waals surface area contributed by atoms with Gasteiger partial charge in [-0.1, -0.05) is 26.0 Å². The summed E-state index contributed by atoms with van der Waals surface area (Å²) in [5.41, 5.74) is 2.53. The molecule has 0 aliphatic heterocycles. The lowest BCUT2D eigenvalue weighted by Crippen LogP contribution is -2.46. The number of anilines is 1. The van der Waals surface area contributed by atoms with Crippen molar-refractivity contribution in [3.63, 3.8) is 0 Å². The average Bonchev–Trinajstić information content (AvgIpc) is 2.91. The Bertz CT molecular complexity index is 709. The number of thiazole rings is 1. The Hall–Kier alpha value is -2.21. The van der Waals surface area contributed by atoms with Gasteiger partial charge in [0.1, 0.15) is 6.04 Å². The zero-order chi connectivity index (χ0) is 17.0. The van der Waals surface area contributed by atoms with Crippen LogP contribution in [0.25, 0.3) is 11.3 Å². The zero-order valence-corrected chi connectivity index (χ0v) is 14.5. The Kier molecular flexibility index (Phi) is 5.50. The van der Waals surface area contributed by atoms with Crippen molar-refractivity contribution in [3.8, 4) is 11.3 Å². The van der Waals surface area contributed by atoms with E-state index in [0.717, 1.165) is 16.3 Å². The molecular weight excluding hydrogens is 310 g/mol. The minimum Gasteiger partial charge on any atom is -0.344 e. The maximum Gasteiger partial charge on any atom is 0.247 e. The second-order valence-corrected chi connectivity index (χ2v) is 6.81. The van der Waals surface area contributed by atoms with Crippen LogP contribution in [0.2, 0.25) is 0 Å². The molecule has 0 bridgehead atoms. The van der Waals surface area contributed by atoms with Crippen molar-refractivity contribution in [2.45, 2.75) is 33.7 Å². The van der Waals surface area contributed by atoms with E-state index < -0.39 is 6.04 Å². The number of hydrogen-bond acceptors (Lipinski definition) is 4. The quantitative estimate of drug-likeness (QED) is 0.884. The highest BCUT2D eigenvalue weighted by Gasteiger charge is 2.23. The van der Waals surface area contributed by atoms with Crippen molar-refractivity contribution in [1.29, 1.82) is 0 Å². The third kappa shape index (κ3) is 4.63. The van der Waals surface area contributed by atoms with Gasteiger partial charge in [0.05, 0.1) is 10.7 Å². The Balaban J connectivity index is 2.16. The number of rotatable bonds is 5. The molecule has 0 aliphatic rings. The van der Waals surface area contributed by atoms with Crippen LogP contribution in [0, 0.1) is 12.8 Å². The number of nitrogens with zero attached hydrogens (tertiary/aromatic N) is 1. The van der Waals surface area contributed by atoms with Gasteiger partial charge >= 0.3 is 0 Å². The van der Waals surface area contributed by atoms with Gasteiger partial charge in [-0.25, -0.2) is 4.98 Å². The summed E-state index contributed by atoms with van der Waals surface area (Å²) in [6, 6.07) is 6.99. The highest BCUT2D eigenvalue weighted by atomic mass is 32.1. The summed E-state index contributed by atoms with van der Waals surface area (Å²) >= 11 is 1.59. The summed E-state index contributed by atoms with van der Waals surface area (Å²) < 4.78 is 0. The van der Waals surface area contributed by atoms with Crippen molar-refractivity contribution in [2.24, 2.45) is 5.92 Å². The highest BCUT2D eigenvalue weighted by molar-refractivity contribution is 7.09. The molecule has 122 valence electrons. The van der Waals surface area contributed by atoms with Gasteiger partial charge in [-0.3, -0.25) is 9.59 Å². The Morgan fingerprint density at radius 1 is 1.26 bits per heavy atom. The van der Waals surface area contributed by atoms with E-state index >= 15 is 0 Å². The fourth-order valence-electron chi connectivity index (χ4n) is 2.23. The molecule has 0 fully saturated rings. The van der Waals surface area contributed by atoms with Gasteiger partial charge in [0, 0.05) is 23.6 Å². The SMILES string of the molecule is CC(=O)N[C@@H](C(=O)Nc1cccc(-c2csc(C)n2)c1)C(C)C. The number of nitrogens with one attached hydrogen (secondary N) is 2. The summed E-state index contributed by atoms with van der Waals surface area (Å²) in [6.45, 7) is 7.16. The Morgan fingerprint density at radius 2 is 2.00 bits per heavy atom. The molecule has 1 heterocycles. The molecule has 0 radical (unpaired) electrons. The molecule has 0 unspecified atom stereocenters. The average molecular weight is 331 g/mol. The van der Waals surface area contributed by atoms with Crippen LogP contribution in [0.5, 0.6) is 0 Å². The fourth-order valence-corrected chi connectivity index (χ4v) is 2.85. The van der Waals surface area contributed by atoms with Crippen LogP contribution in [-0.2, 0) is 9.59 Å². The standard InChI is InChI=1S/C17H21N3O2S/c1-10(2)16(18-11(3)21)17(22)20-14-7-5-6-13(8-14)15-9-23-12(4)19-15/h5-10,16H,1-4H3,(H,18,21)(H,20,22)/t16-/m1/s1. The third-order valence-corrected chi connectivity index (χ3v) is 4.13. The number of benzene rings is 1. The van der Waals surface area contributed by atoms with E-state index in [4.69, 9.17) is 0 Å². The molecule has 1 aromatic carbocycles. The number of hydrogen-bond donors (Lipinski definition) is 2. The molecule has 6 heteroatoms. The largest absolute Gasteiger partial charge is 0.344 e. The normalized spacial score (nSPS) is 12.0. The monoisotopic (exact) mass is 331 g/mol. The molecule has 0 aliphatic carbocycles. The van der Waals surface area contributed by atoms with Crippen molar-refractivity contribution in [1.82, 2.24) is 10.3 Å². The molecule has 0 spiro atoms. The first-order valence-electron chi connectivity index (χ1n) is 7.47. The van der Waals surface area contributed by atoms with Gasteiger partial charge in [0.2, 0.25) is 11.8 Å². The minimum absolute atomic E-state index is 0.00303. The first-order valence-corrected chi connectivity index (χ1v) is 8.35. The van der Waals surface area contributed by atoms with Crippen molar-refractivity contribution in [3.05, 3.63) is 34.7 Å². The van der Waals surface area contributed by atoms with Gasteiger partial charge in [-0.15, -0.1) is 11.3 Å². The molecule has 2 amide bonds. The lowest BCUT2D eigenvalue weighted by Gasteiger charge is -2.21. The van der Waals surface area contributed by atoms with Gasteiger partial charge in [-0.2, -0.15) is 0 Å². The Morgan fingerprint density at radius 3 is 2.57 bits per heavy atom. The maximum absolute atomic E-state index is 12.4. The number of amides is 2. The van der Waals surface area contributed by atoms with Crippen LogP contribution in [0.15, 0.2) is 29.6 Å². The predicted octanol–water partition coefficient (Wildman–Crippen LogP) is 3.22. The van der Waals surface area contributed by atoms with Crippen LogP contribution in [0.1, 0.15) is 25.8 Å². The van der Waals surface area contributed by atoms with Crippen LogP contribution in [-0.4, -0.2) is 22.8 Å². The molecule has 5 nitrogen and oxygen atoms in total. The van der Waals surface area contributed by atoms with Crippen LogP contribution in [0.4, 0.5) is 5.69 Å². The van der Waals surface area contributed by atoms with Gasteiger partial charge in [-0.05, 0) is 25.0 Å². The molecule has 23 heavy (non-hydrogen) atoms. The van der Waals surface area contributed by atoms with Crippen LogP contribution < -0.4 is 10.6 Å². The molecule has 0 saturated heterocycles. The summed E-state index contributed by atoms with van der Waals surface area (Å²) in [5.74, 6) is -0.435. The maximum atomic E-state index is 12.4. The van der Waals surface area contributed by atoms with Gasteiger partial charge < -0.3 is 10.6 Å². The second-order valence-electron chi connectivity index (χ2n) is 5.74. The number of carbonyl (C=O) groups excluding carboxylic acids is 2. The van der Waals surface area contributed by atoms with Gasteiger partial charge in [0.15, 0.2) is 0 Å². The van der Waals surface area contributed by atoms with Crippen LogP contribution >= 0.6 is 11.3 Å². The lowest BCUT2D eigenvalue weighted by molar-refractivity contribution is -0.126. The number of aryl methyl sites for hydroxylation is 1. The summed E-state index contributed by atoms with van der Waals surface area (Å²) in [7, 11) is 0. The summed E-state index contributed by atoms with van der Waals surface area (Å²) in [4.78, 5) is 28.1. The third-order valence-electron chi connectivity index (χ3n) is 3.35. The molecule has 2 N–H and O–H groups in total. The molecule has 2 rings (SSSR count). The van der Waals surface area contributed by atoms with Gasteiger partial charge in [0.25, 0.3) is 0 Å². The fraction of sp³-hybridized carbons (Fsp3) is 0.353. The highest BCUT2D eigenvalue weighted by Crippen LogP contribution is 2.24. The number of aromatic nitrogens is 1. The predicted molar refractivity (Wildman–Crippen MR) is 93.4 cm³/mol. The molecule has 0 saturated carbocycles. The van der Waals surface area contributed by atoms with E-state index in [0.29, 0.717) is 5.69 Å². The van der Waals surface area contributed by atoms with E-state index in [-0.39, 0.29) is 17.7 Å². The van der Waals surface area contributed by atoms with E-state index in [1.807, 2.05) is 50.4 Å². The summed E-state index contributed by atoms with van der Waals surface area (Å²) in [6.07, 6.45) is 0. The lowest BCUT2D eigenvalue weighted by atomic mass is 10.0. The van der Waals surface area contributed by atoms with Crippen molar-refractivity contribution in [2.75, 3.05) is 5.32 Å². The van der Waals surface area contributed by atoms with E-state index in [1.54, 1.807) is 11.3 Å². The molecular formula is C17H21N3O2S. The first-order chi connectivity index (χ1) is 10.9. The van der Waals surface area contributed by atoms with Crippen molar-refractivity contribution < 1.29 is 9.59 Å². The summed E-state index contributed by atoms with van der Waals surface area (Å²) in [5, 5.41) is 8.55. The Labute approximate surface area is 140 Å². The topological polar surface area (TPSA) is 71.1 Å². The van der Waals surface area contributed by atoms with Crippen molar-refractivity contribution >= 4 is 28.8 Å². The van der Waals surface area contributed by atoms with E-state index in [1.165, 1.54) is 6.92 Å². The molecule has 2 aromatic rings. The zero-order valence-electron chi connectivity index (χ0n) is 13.7. The second kappa shape index (κ2) is 7.37. The van der Waals surface area contributed by atoms with E-state index in [2.05, 4.69) is 15.6 Å². The smallest absolute Gasteiger partial charge is 0.247 e. The first kappa shape index (κ1) is 17.1.